The molecule has 0 amide bonds. The average molecular weight is 370 g/mol. The number of nitrogens with zero attached hydrogens (tertiary/aromatic N) is 3. The maximum absolute atomic E-state index is 6.11. The van der Waals surface area contributed by atoms with Gasteiger partial charge in [-0.25, -0.2) is 9.97 Å². The molecule has 0 spiro atoms. The molecule has 0 unspecified atom stereocenters. The van der Waals surface area contributed by atoms with Gasteiger partial charge in [-0.1, -0.05) is 41.0 Å². The molecule has 1 saturated heterocycles. The molecule has 7 heteroatoms. The van der Waals surface area contributed by atoms with Crippen LogP contribution >= 0.6 is 35.0 Å². The summed E-state index contributed by atoms with van der Waals surface area (Å²) in [6, 6.07) is 5.67. The van der Waals surface area contributed by atoms with E-state index in [0.29, 0.717) is 16.7 Å². The van der Waals surface area contributed by atoms with Crippen LogP contribution in [0, 0.1) is 0 Å². The fourth-order valence-corrected chi connectivity index (χ4v) is 3.17. The fraction of sp³-hybridized carbons (Fsp3) is 0.375. The van der Waals surface area contributed by atoms with E-state index in [9.17, 15) is 0 Å². The van der Waals surface area contributed by atoms with E-state index >= 15 is 0 Å². The van der Waals surface area contributed by atoms with Crippen molar-refractivity contribution in [1.29, 1.82) is 0 Å². The van der Waals surface area contributed by atoms with Crippen LogP contribution in [0.25, 0.3) is 0 Å². The molecule has 1 fully saturated rings. The summed E-state index contributed by atoms with van der Waals surface area (Å²) in [5.74, 6) is 0. The average Bonchev–Trinajstić information content (AvgIpc) is 2.58. The van der Waals surface area contributed by atoms with E-state index in [1.165, 1.54) is 0 Å². The molecule has 1 atom stereocenters. The molecule has 3 rings (SSSR count). The highest BCUT2D eigenvalue weighted by atomic mass is 35.5. The summed E-state index contributed by atoms with van der Waals surface area (Å²) >= 11 is 13.6. The molecule has 0 N–H and O–H groups in total. The molecule has 23 heavy (non-hydrogen) atoms. The van der Waals surface area contributed by atoms with E-state index in [1.807, 2.05) is 36.8 Å². The highest BCUT2D eigenvalue weighted by Gasteiger charge is 2.22. The SMILES string of the molecule is CSc1ncc(CN2CCO[C@H](c3ccc(Cl)c(Cl)c3)C2)cn1. The molecule has 2 heterocycles. The number of aromatic nitrogens is 2. The van der Waals surface area contributed by atoms with Crippen LogP contribution in [-0.4, -0.2) is 40.8 Å². The lowest BCUT2D eigenvalue weighted by molar-refractivity contribution is -0.0329. The molecule has 4 nitrogen and oxygen atoms in total. The summed E-state index contributed by atoms with van der Waals surface area (Å²) in [5, 5.41) is 1.92. The van der Waals surface area contributed by atoms with E-state index in [-0.39, 0.29) is 6.10 Å². The maximum Gasteiger partial charge on any atom is 0.187 e. The molecule has 0 aliphatic carbocycles. The number of rotatable bonds is 4. The van der Waals surface area contributed by atoms with Gasteiger partial charge < -0.3 is 4.74 Å². The Labute approximate surface area is 150 Å². The zero-order chi connectivity index (χ0) is 16.2. The Morgan fingerprint density at radius 3 is 2.74 bits per heavy atom. The molecule has 122 valence electrons. The minimum absolute atomic E-state index is 0.00454. The minimum Gasteiger partial charge on any atom is -0.371 e. The van der Waals surface area contributed by atoms with Crippen LogP contribution in [0.15, 0.2) is 35.7 Å². The van der Waals surface area contributed by atoms with Crippen molar-refractivity contribution >= 4 is 35.0 Å². The van der Waals surface area contributed by atoms with Crippen LogP contribution in [0.3, 0.4) is 0 Å². The van der Waals surface area contributed by atoms with E-state index in [1.54, 1.807) is 11.8 Å². The smallest absolute Gasteiger partial charge is 0.187 e. The first kappa shape index (κ1) is 17.0. The number of ether oxygens (including phenoxy) is 1. The zero-order valence-electron chi connectivity index (χ0n) is 12.7. The third-order valence-corrected chi connectivity index (χ3v) is 5.05. The molecule has 1 aliphatic rings. The van der Waals surface area contributed by atoms with Crippen molar-refractivity contribution in [2.75, 3.05) is 26.0 Å². The van der Waals surface area contributed by atoms with E-state index in [0.717, 1.165) is 35.9 Å². The number of halogens is 2. The van der Waals surface area contributed by atoms with Crippen molar-refractivity contribution in [3.8, 4) is 0 Å². The van der Waals surface area contributed by atoms with Crippen molar-refractivity contribution in [2.45, 2.75) is 17.8 Å². The lowest BCUT2D eigenvalue weighted by Crippen LogP contribution is -2.37. The van der Waals surface area contributed by atoms with Gasteiger partial charge in [-0.15, -0.1) is 0 Å². The van der Waals surface area contributed by atoms with Crippen LogP contribution in [0.1, 0.15) is 17.2 Å². The van der Waals surface area contributed by atoms with E-state index in [4.69, 9.17) is 27.9 Å². The summed E-state index contributed by atoms with van der Waals surface area (Å²) in [5.41, 5.74) is 2.16. The summed E-state index contributed by atoms with van der Waals surface area (Å²) in [7, 11) is 0. The lowest BCUT2D eigenvalue weighted by atomic mass is 10.1. The van der Waals surface area contributed by atoms with Crippen LogP contribution < -0.4 is 0 Å². The highest BCUT2D eigenvalue weighted by molar-refractivity contribution is 7.98. The molecule has 1 aromatic carbocycles. The Balaban J connectivity index is 1.66. The summed E-state index contributed by atoms with van der Waals surface area (Å²) in [6.45, 7) is 3.20. The number of benzene rings is 1. The number of morpholine rings is 1. The predicted molar refractivity (Wildman–Crippen MR) is 94.2 cm³/mol. The maximum atomic E-state index is 6.11. The molecule has 0 bridgehead atoms. The molecular weight excluding hydrogens is 353 g/mol. The van der Waals surface area contributed by atoms with Gasteiger partial charge in [0.1, 0.15) is 0 Å². The first-order chi connectivity index (χ1) is 11.2. The number of thioether (sulfide) groups is 1. The third kappa shape index (κ3) is 4.37. The molecule has 1 aromatic heterocycles. The standard InChI is InChI=1S/C16H17Cl2N3OS/c1-23-16-19-7-11(8-20-16)9-21-4-5-22-15(10-21)12-2-3-13(17)14(18)6-12/h2-3,6-8,15H,4-5,9-10H2,1H3/t15-/m0/s1. The van der Waals surface area contributed by atoms with Gasteiger partial charge in [-0.05, 0) is 24.0 Å². The molecule has 0 radical (unpaired) electrons. The molecule has 1 aliphatic heterocycles. The first-order valence-electron chi connectivity index (χ1n) is 7.29. The van der Waals surface area contributed by atoms with Gasteiger partial charge in [-0.3, -0.25) is 4.90 Å². The van der Waals surface area contributed by atoms with Crippen molar-refractivity contribution in [2.24, 2.45) is 0 Å². The van der Waals surface area contributed by atoms with Gasteiger partial charge in [0.15, 0.2) is 5.16 Å². The van der Waals surface area contributed by atoms with Crippen molar-refractivity contribution in [3.05, 3.63) is 51.8 Å². The second-order valence-corrected chi connectivity index (χ2v) is 6.93. The number of hydrogen-bond acceptors (Lipinski definition) is 5. The second kappa shape index (κ2) is 7.81. The van der Waals surface area contributed by atoms with Gasteiger partial charge in [0.2, 0.25) is 0 Å². The van der Waals surface area contributed by atoms with Gasteiger partial charge in [0.25, 0.3) is 0 Å². The molecule has 2 aromatic rings. The normalized spacial score (nSPS) is 19.0. The third-order valence-electron chi connectivity index (χ3n) is 3.74. The summed E-state index contributed by atoms with van der Waals surface area (Å²) < 4.78 is 5.89. The fourth-order valence-electron chi connectivity index (χ4n) is 2.55. The topological polar surface area (TPSA) is 38.2 Å². The Hall–Kier alpha value is -0.850. The Morgan fingerprint density at radius 2 is 2.04 bits per heavy atom. The lowest BCUT2D eigenvalue weighted by Gasteiger charge is -2.33. The van der Waals surface area contributed by atoms with Crippen molar-refractivity contribution in [3.63, 3.8) is 0 Å². The summed E-state index contributed by atoms with van der Waals surface area (Å²) in [4.78, 5) is 11.0. The van der Waals surface area contributed by atoms with Crippen LogP contribution in [0.4, 0.5) is 0 Å². The minimum atomic E-state index is 0.00454. The zero-order valence-corrected chi connectivity index (χ0v) is 15.0. The van der Waals surface area contributed by atoms with Crippen LogP contribution in [-0.2, 0) is 11.3 Å². The van der Waals surface area contributed by atoms with Crippen molar-refractivity contribution in [1.82, 2.24) is 14.9 Å². The monoisotopic (exact) mass is 369 g/mol. The van der Waals surface area contributed by atoms with Gasteiger partial charge >= 0.3 is 0 Å². The Kier molecular flexibility index (Phi) is 5.77. The predicted octanol–water partition coefficient (Wildman–Crippen LogP) is 4.08. The Bertz CT molecular complexity index is 669. The Morgan fingerprint density at radius 1 is 1.26 bits per heavy atom. The van der Waals surface area contributed by atoms with E-state index in [2.05, 4.69) is 14.9 Å². The molecular formula is C16H17Cl2N3OS. The van der Waals surface area contributed by atoms with Crippen LogP contribution in [0.5, 0.6) is 0 Å². The van der Waals surface area contributed by atoms with Gasteiger partial charge in [-0.2, -0.15) is 0 Å². The van der Waals surface area contributed by atoms with Crippen LogP contribution in [0.2, 0.25) is 10.0 Å². The molecule has 0 saturated carbocycles. The number of hydrogen-bond donors (Lipinski definition) is 0. The second-order valence-electron chi connectivity index (χ2n) is 5.35. The quantitative estimate of drug-likeness (QED) is 0.599. The van der Waals surface area contributed by atoms with Crippen molar-refractivity contribution < 1.29 is 4.74 Å². The largest absolute Gasteiger partial charge is 0.371 e. The summed E-state index contributed by atoms with van der Waals surface area (Å²) in [6.07, 6.45) is 5.76. The van der Waals surface area contributed by atoms with Gasteiger partial charge in [0.05, 0.1) is 22.8 Å². The van der Waals surface area contributed by atoms with E-state index < -0.39 is 0 Å². The first-order valence-corrected chi connectivity index (χ1v) is 9.27. The highest BCUT2D eigenvalue weighted by Crippen LogP contribution is 2.29. The van der Waals surface area contributed by atoms with Gasteiger partial charge in [0, 0.05) is 37.6 Å².